The van der Waals surface area contributed by atoms with Crippen LogP contribution in [0.5, 0.6) is 5.75 Å². The summed E-state index contributed by atoms with van der Waals surface area (Å²) in [5.41, 5.74) is 1.62. The highest BCUT2D eigenvalue weighted by molar-refractivity contribution is 7.89. The number of ether oxygens (including phenoxy) is 1. The first kappa shape index (κ1) is 24.4. The summed E-state index contributed by atoms with van der Waals surface area (Å²) in [5.74, 6) is 1.46. The Hall–Kier alpha value is -3.24. The zero-order valence-electron chi connectivity index (χ0n) is 19.0. The summed E-state index contributed by atoms with van der Waals surface area (Å²) >= 11 is 0. The maximum Gasteiger partial charge on any atom is 0.262 e. The van der Waals surface area contributed by atoms with Crippen LogP contribution < -0.4 is 14.8 Å². The highest BCUT2D eigenvalue weighted by Gasteiger charge is 2.15. The van der Waals surface area contributed by atoms with Gasteiger partial charge in [0.15, 0.2) is 12.4 Å². The van der Waals surface area contributed by atoms with Crippen molar-refractivity contribution in [3.05, 3.63) is 65.8 Å². The molecule has 10 heteroatoms. The minimum atomic E-state index is -3.57. The van der Waals surface area contributed by atoms with Crippen LogP contribution in [0.4, 0.5) is 5.69 Å². The molecule has 0 radical (unpaired) electrons. The minimum Gasteiger partial charge on any atom is -0.484 e. The third kappa shape index (κ3) is 7.13. The van der Waals surface area contributed by atoms with Gasteiger partial charge in [0.05, 0.1) is 4.90 Å². The lowest BCUT2D eigenvalue weighted by molar-refractivity contribution is -0.118. The Balaban J connectivity index is 1.49. The molecule has 3 rings (SSSR count). The molecule has 0 spiro atoms. The SMILES string of the molecule is CC(C)NS(=O)(=O)c1ccc(OCC(=O)Nc2ccc(Cc3noc(C(C)C)n3)cc2)cc1. The second-order valence-electron chi connectivity index (χ2n) is 8.16. The third-order valence-corrected chi connectivity index (χ3v) is 6.15. The van der Waals surface area contributed by atoms with Crippen LogP contribution >= 0.6 is 0 Å². The van der Waals surface area contributed by atoms with Gasteiger partial charge in [0.25, 0.3) is 5.91 Å². The summed E-state index contributed by atoms with van der Waals surface area (Å²) in [6, 6.07) is 13.0. The first-order chi connectivity index (χ1) is 15.6. The Bertz CT molecular complexity index is 1170. The van der Waals surface area contributed by atoms with E-state index in [0.29, 0.717) is 29.6 Å². The molecule has 0 unspecified atom stereocenters. The molecule has 0 aliphatic heterocycles. The van der Waals surface area contributed by atoms with Crippen LogP contribution in [0.1, 0.15) is 50.9 Å². The summed E-state index contributed by atoms with van der Waals surface area (Å²) in [6.07, 6.45) is 0.534. The van der Waals surface area contributed by atoms with Gasteiger partial charge in [0.1, 0.15) is 5.75 Å². The molecule has 0 bridgehead atoms. The van der Waals surface area contributed by atoms with Crippen LogP contribution in [0.15, 0.2) is 57.9 Å². The van der Waals surface area contributed by atoms with Gasteiger partial charge in [-0.1, -0.05) is 31.1 Å². The summed E-state index contributed by atoms with van der Waals surface area (Å²) in [4.78, 5) is 16.7. The molecule has 1 heterocycles. The molecule has 0 aliphatic rings. The van der Waals surface area contributed by atoms with E-state index in [2.05, 4.69) is 20.2 Å². The van der Waals surface area contributed by atoms with Gasteiger partial charge in [0, 0.05) is 24.1 Å². The summed E-state index contributed by atoms with van der Waals surface area (Å²) < 4.78 is 37.5. The number of nitrogens with zero attached hydrogens (tertiary/aromatic N) is 2. The van der Waals surface area contributed by atoms with E-state index in [-0.39, 0.29) is 29.4 Å². The van der Waals surface area contributed by atoms with Gasteiger partial charge in [-0.2, -0.15) is 4.98 Å². The molecule has 0 aliphatic carbocycles. The molecular formula is C23H28N4O5S. The normalized spacial score (nSPS) is 11.7. The van der Waals surface area contributed by atoms with E-state index in [1.54, 1.807) is 26.0 Å². The van der Waals surface area contributed by atoms with Crippen molar-refractivity contribution in [2.75, 3.05) is 11.9 Å². The maximum atomic E-state index is 12.2. The maximum absolute atomic E-state index is 12.2. The van der Waals surface area contributed by atoms with Gasteiger partial charge < -0.3 is 14.6 Å². The number of hydrogen-bond donors (Lipinski definition) is 2. The van der Waals surface area contributed by atoms with Crippen molar-refractivity contribution in [3.8, 4) is 5.75 Å². The highest BCUT2D eigenvalue weighted by Crippen LogP contribution is 2.17. The first-order valence-electron chi connectivity index (χ1n) is 10.6. The summed E-state index contributed by atoms with van der Waals surface area (Å²) in [5, 5.41) is 6.74. The van der Waals surface area contributed by atoms with Gasteiger partial charge in [0.2, 0.25) is 15.9 Å². The van der Waals surface area contributed by atoms with Crippen molar-refractivity contribution in [1.29, 1.82) is 0 Å². The fourth-order valence-corrected chi connectivity index (χ4v) is 4.15. The van der Waals surface area contributed by atoms with E-state index in [9.17, 15) is 13.2 Å². The standard InChI is InChI=1S/C23H28N4O5S/c1-15(2)23-25-21(26-32-23)13-17-5-7-18(8-6-17)24-22(28)14-31-19-9-11-20(12-10-19)33(29,30)27-16(3)4/h5-12,15-16,27H,13-14H2,1-4H3,(H,24,28). The lowest BCUT2D eigenvalue weighted by atomic mass is 10.1. The number of nitrogens with one attached hydrogen (secondary N) is 2. The quantitative estimate of drug-likeness (QED) is 0.463. The van der Waals surface area contributed by atoms with E-state index in [0.717, 1.165) is 5.56 Å². The fraction of sp³-hybridized carbons (Fsp3) is 0.348. The topological polar surface area (TPSA) is 123 Å². The number of sulfonamides is 1. The molecule has 0 atom stereocenters. The number of hydrogen-bond acceptors (Lipinski definition) is 7. The van der Waals surface area contributed by atoms with Crippen molar-refractivity contribution in [3.63, 3.8) is 0 Å². The molecule has 176 valence electrons. The van der Waals surface area contributed by atoms with E-state index < -0.39 is 10.0 Å². The van der Waals surface area contributed by atoms with Gasteiger partial charge in [-0.15, -0.1) is 0 Å². The zero-order chi connectivity index (χ0) is 24.0. The number of anilines is 1. The van der Waals surface area contributed by atoms with Crippen LogP contribution in [0.25, 0.3) is 0 Å². The molecular weight excluding hydrogens is 444 g/mol. The summed E-state index contributed by atoms with van der Waals surface area (Å²) in [7, 11) is -3.57. The van der Waals surface area contributed by atoms with Crippen LogP contribution in [-0.2, 0) is 21.2 Å². The predicted octanol–water partition coefficient (Wildman–Crippen LogP) is 3.49. The Morgan fingerprint density at radius 2 is 1.70 bits per heavy atom. The van der Waals surface area contributed by atoms with Crippen molar-refractivity contribution >= 4 is 21.6 Å². The Morgan fingerprint density at radius 3 is 2.27 bits per heavy atom. The fourth-order valence-electron chi connectivity index (χ4n) is 2.90. The van der Waals surface area contributed by atoms with E-state index >= 15 is 0 Å². The number of amides is 1. The lowest BCUT2D eigenvalue weighted by Crippen LogP contribution is -2.30. The van der Waals surface area contributed by atoms with Gasteiger partial charge in [-0.25, -0.2) is 13.1 Å². The van der Waals surface area contributed by atoms with Gasteiger partial charge in [-0.3, -0.25) is 4.79 Å². The Kier molecular flexibility index (Phi) is 7.83. The molecule has 0 saturated carbocycles. The number of carbonyl (C=O) groups excluding carboxylic acids is 1. The first-order valence-corrected chi connectivity index (χ1v) is 12.1. The summed E-state index contributed by atoms with van der Waals surface area (Å²) in [6.45, 7) is 7.26. The van der Waals surface area contributed by atoms with Crippen molar-refractivity contribution in [2.24, 2.45) is 0 Å². The minimum absolute atomic E-state index is 0.134. The average molecular weight is 473 g/mol. The molecule has 9 nitrogen and oxygen atoms in total. The van der Waals surface area contributed by atoms with E-state index in [4.69, 9.17) is 9.26 Å². The van der Waals surface area contributed by atoms with E-state index in [1.165, 1.54) is 24.3 Å². The van der Waals surface area contributed by atoms with Crippen molar-refractivity contribution in [2.45, 2.75) is 51.0 Å². The Morgan fingerprint density at radius 1 is 1.03 bits per heavy atom. The van der Waals surface area contributed by atoms with Crippen LogP contribution in [0.3, 0.4) is 0 Å². The van der Waals surface area contributed by atoms with Crippen LogP contribution in [0.2, 0.25) is 0 Å². The van der Waals surface area contributed by atoms with Gasteiger partial charge >= 0.3 is 0 Å². The number of benzene rings is 2. The van der Waals surface area contributed by atoms with Gasteiger partial charge in [-0.05, 0) is 55.8 Å². The molecule has 1 aromatic heterocycles. The average Bonchev–Trinajstić information content (AvgIpc) is 3.22. The smallest absolute Gasteiger partial charge is 0.262 e. The molecule has 0 fully saturated rings. The monoisotopic (exact) mass is 472 g/mol. The number of carbonyl (C=O) groups is 1. The zero-order valence-corrected chi connectivity index (χ0v) is 19.8. The second kappa shape index (κ2) is 10.6. The van der Waals surface area contributed by atoms with Crippen molar-refractivity contribution in [1.82, 2.24) is 14.9 Å². The highest BCUT2D eigenvalue weighted by atomic mass is 32.2. The molecule has 0 saturated heterocycles. The molecule has 2 aromatic carbocycles. The van der Waals surface area contributed by atoms with Crippen LogP contribution in [0, 0.1) is 0 Å². The number of rotatable bonds is 10. The molecule has 2 N–H and O–H groups in total. The third-order valence-electron chi connectivity index (χ3n) is 4.47. The molecule has 1 amide bonds. The number of aromatic nitrogens is 2. The van der Waals surface area contributed by atoms with Crippen molar-refractivity contribution < 1.29 is 22.5 Å². The largest absolute Gasteiger partial charge is 0.484 e. The van der Waals surface area contributed by atoms with Crippen LogP contribution in [-0.4, -0.2) is 37.1 Å². The molecule has 3 aromatic rings. The molecule has 33 heavy (non-hydrogen) atoms. The van der Waals surface area contributed by atoms with E-state index in [1.807, 2.05) is 26.0 Å². The lowest BCUT2D eigenvalue weighted by Gasteiger charge is -2.11. The Labute approximate surface area is 193 Å². The second-order valence-corrected chi connectivity index (χ2v) is 9.88. The predicted molar refractivity (Wildman–Crippen MR) is 124 cm³/mol.